The van der Waals surface area contributed by atoms with Crippen LogP contribution in [0.1, 0.15) is 19.3 Å². The number of hydrogen-bond acceptors (Lipinski definition) is 4. The lowest BCUT2D eigenvalue weighted by Crippen LogP contribution is -2.11. The topological polar surface area (TPSA) is 66.4 Å². The normalized spacial score (nSPS) is 10.7. The molecule has 0 bridgehead atoms. The summed E-state index contributed by atoms with van der Waals surface area (Å²) in [5.74, 6) is -1.93. The summed E-state index contributed by atoms with van der Waals surface area (Å²) >= 11 is 2.19. The van der Waals surface area contributed by atoms with Crippen LogP contribution in [0.15, 0.2) is 35.7 Å². The monoisotopic (exact) mass is 321 g/mol. The van der Waals surface area contributed by atoms with Gasteiger partial charge in [0.2, 0.25) is 0 Å². The highest BCUT2D eigenvalue weighted by atomic mass is 32.1. The smallest absolute Gasteiger partial charge is 0.348 e. The molecule has 2 heterocycles. The minimum Gasteiger partial charge on any atom is -0.477 e. The molecular formula is C14H8FNO3S2. The van der Waals surface area contributed by atoms with Gasteiger partial charge in [-0.25, -0.2) is 9.18 Å². The van der Waals surface area contributed by atoms with Crippen LogP contribution in [-0.2, 0) is 0 Å². The summed E-state index contributed by atoms with van der Waals surface area (Å²) in [6, 6.07) is 7.64. The van der Waals surface area contributed by atoms with Crippen LogP contribution in [0.5, 0.6) is 0 Å². The summed E-state index contributed by atoms with van der Waals surface area (Å²) in [4.78, 5) is 23.6. The van der Waals surface area contributed by atoms with E-state index in [4.69, 9.17) is 5.11 Å². The second-order valence-corrected chi connectivity index (χ2v) is 6.18. The zero-order valence-electron chi connectivity index (χ0n) is 10.4. The molecule has 0 atom stereocenters. The fourth-order valence-electron chi connectivity index (χ4n) is 1.89. The van der Waals surface area contributed by atoms with E-state index in [0.717, 1.165) is 22.7 Å². The van der Waals surface area contributed by atoms with E-state index in [2.05, 4.69) is 5.32 Å². The third kappa shape index (κ3) is 2.53. The summed E-state index contributed by atoms with van der Waals surface area (Å²) in [5, 5.41) is 13.5. The van der Waals surface area contributed by atoms with Gasteiger partial charge < -0.3 is 10.4 Å². The fraction of sp³-hybridized carbons (Fsp3) is 0. The molecule has 2 aromatic heterocycles. The number of benzene rings is 1. The van der Waals surface area contributed by atoms with Crippen molar-refractivity contribution in [3.63, 3.8) is 0 Å². The zero-order chi connectivity index (χ0) is 15.0. The van der Waals surface area contributed by atoms with Crippen molar-refractivity contribution in [1.29, 1.82) is 0 Å². The molecule has 3 aromatic rings. The van der Waals surface area contributed by atoms with Gasteiger partial charge in [0.25, 0.3) is 5.91 Å². The maximum atomic E-state index is 13.6. The minimum atomic E-state index is -1.09. The highest BCUT2D eigenvalue weighted by Gasteiger charge is 2.17. The van der Waals surface area contributed by atoms with E-state index in [1.165, 1.54) is 18.2 Å². The molecular weight excluding hydrogens is 313 g/mol. The third-order valence-corrected chi connectivity index (χ3v) is 4.84. The molecule has 0 spiro atoms. The third-order valence-electron chi connectivity index (χ3n) is 2.84. The van der Waals surface area contributed by atoms with E-state index >= 15 is 0 Å². The Hall–Kier alpha value is -2.25. The average molecular weight is 321 g/mol. The molecule has 3 rings (SSSR count). The van der Waals surface area contributed by atoms with Crippen molar-refractivity contribution >= 4 is 50.3 Å². The first-order chi connectivity index (χ1) is 10.1. The van der Waals surface area contributed by atoms with Crippen molar-refractivity contribution in [3.8, 4) is 0 Å². The average Bonchev–Trinajstić information content (AvgIpc) is 3.05. The highest BCUT2D eigenvalue weighted by Crippen LogP contribution is 2.29. The van der Waals surface area contributed by atoms with E-state index in [9.17, 15) is 14.0 Å². The maximum absolute atomic E-state index is 13.6. The Morgan fingerprint density at radius 1 is 1.24 bits per heavy atom. The van der Waals surface area contributed by atoms with E-state index in [1.807, 2.05) is 0 Å². The number of halogens is 1. The quantitative estimate of drug-likeness (QED) is 0.764. The largest absolute Gasteiger partial charge is 0.477 e. The molecule has 21 heavy (non-hydrogen) atoms. The molecule has 0 unspecified atom stereocenters. The molecule has 7 heteroatoms. The lowest BCUT2D eigenvalue weighted by Gasteiger charge is -2.01. The standard InChI is InChI=1S/C14H8FNO3S2/c15-8-2-1-3-10-7(8)6-11(21-10)13(17)16-9-4-5-20-12(9)14(18)19/h1-6H,(H,16,17)(H,18,19). The van der Waals surface area contributed by atoms with Crippen molar-refractivity contribution in [1.82, 2.24) is 0 Å². The predicted octanol–water partition coefficient (Wildman–Crippen LogP) is 4.05. The van der Waals surface area contributed by atoms with Gasteiger partial charge in [-0.15, -0.1) is 22.7 Å². The van der Waals surface area contributed by atoms with Gasteiger partial charge in [-0.3, -0.25) is 4.79 Å². The Morgan fingerprint density at radius 2 is 2.05 bits per heavy atom. The van der Waals surface area contributed by atoms with Crippen LogP contribution < -0.4 is 5.32 Å². The number of rotatable bonds is 3. The molecule has 0 aliphatic rings. The predicted molar refractivity (Wildman–Crippen MR) is 81.0 cm³/mol. The van der Waals surface area contributed by atoms with Crippen LogP contribution in [0.25, 0.3) is 10.1 Å². The van der Waals surface area contributed by atoms with Crippen molar-refractivity contribution in [2.75, 3.05) is 5.32 Å². The molecule has 106 valence electrons. The van der Waals surface area contributed by atoms with Gasteiger partial charge in [0.1, 0.15) is 10.7 Å². The number of fused-ring (bicyclic) bond motifs is 1. The van der Waals surface area contributed by atoms with Gasteiger partial charge >= 0.3 is 5.97 Å². The molecule has 0 aliphatic carbocycles. The first-order valence-electron chi connectivity index (χ1n) is 5.86. The van der Waals surface area contributed by atoms with Gasteiger partial charge in [-0.2, -0.15) is 0 Å². The second-order valence-electron chi connectivity index (χ2n) is 4.18. The zero-order valence-corrected chi connectivity index (χ0v) is 12.1. The van der Waals surface area contributed by atoms with Gasteiger partial charge in [0.15, 0.2) is 0 Å². The molecule has 2 N–H and O–H groups in total. The summed E-state index contributed by atoms with van der Waals surface area (Å²) in [6.07, 6.45) is 0. The highest BCUT2D eigenvalue weighted by molar-refractivity contribution is 7.21. The summed E-state index contributed by atoms with van der Waals surface area (Å²) in [6.45, 7) is 0. The summed E-state index contributed by atoms with van der Waals surface area (Å²) in [7, 11) is 0. The first-order valence-corrected chi connectivity index (χ1v) is 7.56. The van der Waals surface area contributed by atoms with Gasteiger partial charge in [0, 0.05) is 10.1 Å². The number of carbonyl (C=O) groups is 2. The van der Waals surface area contributed by atoms with Gasteiger partial charge in [-0.05, 0) is 29.6 Å². The van der Waals surface area contributed by atoms with Crippen LogP contribution in [0.2, 0.25) is 0 Å². The van der Waals surface area contributed by atoms with E-state index in [-0.39, 0.29) is 16.4 Å². The number of thiophene rings is 2. The van der Waals surface area contributed by atoms with Crippen LogP contribution in [0, 0.1) is 5.82 Å². The second kappa shape index (κ2) is 5.27. The minimum absolute atomic E-state index is 0.0654. The molecule has 0 saturated carbocycles. The van der Waals surface area contributed by atoms with Crippen molar-refractivity contribution in [2.45, 2.75) is 0 Å². The van der Waals surface area contributed by atoms with Crippen LogP contribution in [0.3, 0.4) is 0 Å². The number of carboxylic acid groups (broad SMARTS) is 1. The molecule has 0 radical (unpaired) electrons. The number of amides is 1. The summed E-state index contributed by atoms with van der Waals surface area (Å²) in [5.41, 5.74) is 0.246. The van der Waals surface area contributed by atoms with Crippen LogP contribution in [-0.4, -0.2) is 17.0 Å². The van der Waals surface area contributed by atoms with Gasteiger partial charge in [-0.1, -0.05) is 6.07 Å². The number of carboxylic acids is 1. The SMILES string of the molecule is O=C(Nc1ccsc1C(=O)O)c1cc2c(F)cccc2s1. The molecule has 4 nitrogen and oxygen atoms in total. The first kappa shape index (κ1) is 13.7. The lowest BCUT2D eigenvalue weighted by molar-refractivity contribution is 0.0703. The number of aromatic carboxylic acids is 1. The Bertz CT molecular complexity index is 853. The Morgan fingerprint density at radius 3 is 2.76 bits per heavy atom. The van der Waals surface area contributed by atoms with Crippen molar-refractivity contribution in [3.05, 3.63) is 51.3 Å². The van der Waals surface area contributed by atoms with Gasteiger partial charge in [0.05, 0.1) is 10.6 Å². The molecule has 1 aromatic carbocycles. The Labute approximate surface area is 126 Å². The van der Waals surface area contributed by atoms with E-state index in [0.29, 0.717) is 15.0 Å². The lowest BCUT2D eigenvalue weighted by atomic mass is 10.2. The van der Waals surface area contributed by atoms with E-state index < -0.39 is 11.9 Å². The number of carbonyl (C=O) groups excluding carboxylic acids is 1. The summed E-state index contributed by atoms with van der Waals surface area (Å²) < 4.78 is 14.3. The number of anilines is 1. The fourth-order valence-corrected chi connectivity index (χ4v) is 3.55. The molecule has 0 saturated heterocycles. The van der Waals surface area contributed by atoms with Crippen LogP contribution >= 0.6 is 22.7 Å². The Balaban J connectivity index is 1.92. The molecule has 1 amide bonds. The molecule has 0 aliphatic heterocycles. The maximum Gasteiger partial charge on any atom is 0.348 e. The van der Waals surface area contributed by atoms with E-state index in [1.54, 1.807) is 17.5 Å². The van der Waals surface area contributed by atoms with Crippen molar-refractivity contribution < 1.29 is 19.1 Å². The van der Waals surface area contributed by atoms with Crippen molar-refractivity contribution in [2.24, 2.45) is 0 Å². The molecule has 0 fully saturated rings. The number of hydrogen-bond donors (Lipinski definition) is 2. The Kier molecular flexibility index (Phi) is 3.44. The number of nitrogens with one attached hydrogen (secondary N) is 1. The van der Waals surface area contributed by atoms with Crippen LogP contribution in [0.4, 0.5) is 10.1 Å².